The minimum absolute atomic E-state index is 0.338. The van der Waals surface area contributed by atoms with Crippen molar-refractivity contribution >= 4 is 16.9 Å². The number of fused-ring (bicyclic) bond motifs is 1. The first-order chi connectivity index (χ1) is 9.22. The van der Waals surface area contributed by atoms with Gasteiger partial charge >= 0.3 is 0 Å². The van der Waals surface area contributed by atoms with Crippen LogP contribution in [-0.2, 0) is 0 Å². The van der Waals surface area contributed by atoms with Crippen LogP contribution in [0.2, 0.25) is 0 Å². The van der Waals surface area contributed by atoms with Crippen LogP contribution in [0.25, 0.3) is 0 Å². The molecule has 3 rings (SSSR count). The van der Waals surface area contributed by atoms with E-state index in [0.29, 0.717) is 12.1 Å². The highest BCUT2D eigenvalue weighted by Crippen LogP contribution is 2.35. The summed E-state index contributed by atoms with van der Waals surface area (Å²) in [6.45, 7) is 4.34. The molecule has 0 amide bonds. The second-order valence-electron chi connectivity index (χ2n) is 5.78. The lowest BCUT2D eigenvalue weighted by atomic mass is 10.1. The third kappa shape index (κ3) is 2.97. The van der Waals surface area contributed by atoms with Gasteiger partial charge in [-0.1, -0.05) is 48.0 Å². The number of hydrogen-bond acceptors (Lipinski definition) is 3. The lowest BCUT2D eigenvalue weighted by molar-refractivity contribution is 0.531. The van der Waals surface area contributed by atoms with E-state index >= 15 is 0 Å². The zero-order chi connectivity index (χ0) is 13.2. The molecule has 0 radical (unpaired) electrons. The fraction of sp³-hybridized carbons (Fsp3) is 0.562. The molecule has 102 valence electrons. The average Bonchev–Trinajstić information content (AvgIpc) is 2.87. The summed E-state index contributed by atoms with van der Waals surface area (Å²) in [6.07, 6.45) is 4.03. The normalized spacial score (nSPS) is 27.6. The largest absolute Gasteiger partial charge is 0.358 e. The summed E-state index contributed by atoms with van der Waals surface area (Å²) in [4.78, 5) is 4.90. The summed E-state index contributed by atoms with van der Waals surface area (Å²) < 4.78 is 0. The Labute approximate surface area is 120 Å². The SMILES string of the molecule is Cc1ccc(C(C)NC2=NC3CCCC3CS2)cc1. The first-order valence-corrected chi connectivity index (χ1v) is 8.24. The maximum Gasteiger partial charge on any atom is 0.157 e. The van der Waals surface area contributed by atoms with E-state index in [1.807, 2.05) is 11.8 Å². The molecular formula is C16H22N2S. The van der Waals surface area contributed by atoms with Gasteiger partial charge in [0.2, 0.25) is 0 Å². The van der Waals surface area contributed by atoms with E-state index in [1.54, 1.807) is 0 Å². The molecule has 0 bridgehead atoms. The number of aryl methyl sites for hydroxylation is 1. The molecule has 3 heteroatoms. The second-order valence-corrected chi connectivity index (χ2v) is 6.79. The van der Waals surface area contributed by atoms with Crippen molar-refractivity contribution in [2.75, 3.05) is 5.75 Å². The zero-order valence-electron chi connectivity index (χ0n) is 11.7. The quantitative estimate of drug-likeness (QED) is 0.884. The van der Waals surface area contributed by atoms with Crippen molar-refractivity contribution in [3.63, 3.8) is 0 Å². The molecule has 3 unspecified atom stereocenters. The molecule has 0 saturated heterocycles. The van der Waals surface area contributed by atoms with Gasteiger partial charge in [-0.3, -0.25) is 4.99 Å². The van der Waals surface area contributed by atoms with Crippen molar-refractivity contribution in [2.45, 2.75) is 45.2 Å². The summed E-state index contributed by atoms with van der Waals surface area (Å²) in [7, 11) is 0. The minimum atomic E-state index is 0.338. The van der Waals surface area contributed by atoms with E-state index in [0.717, 1.165) is 11.1 Å². The van der Waals surface area contributed by atoms with Gasteiger partial charge in [0.1, 0.15) is 0 Å². The predicted octanol–water partition coefficient (Wildman–Crippen LogP) is 3.92. The molecule has 2 nitrogen and oxygen atoms in total. The van der Waals surface area contributed by atoms with Crippen LogP contribution in [0.1, 0.15) is 43.4 Å². The standard InChI is InChI=1S/C16H22N2S/c1-11-6-8-13(9-7-11)12(2)17-16-18-15-5-3-4-14(15)10-19-16/h6-9,12,14-15H,3-5,10H2,1-2H3,(H,17,18). The summed E-state index contributed by atoms with van der Waals surface area (Å²) in [5, 5.41) is 4.73. The first-order valence-electron chi connectivity index (χ1n) is 7.26. The molecule has 1 aliphatic carbocycles. The molecule has 3 atom stereocenters. The van der Waals surface area contributed by atoms with Crippen molar-refractivity contribution in [1.82, 2.24) is 5.32 Å². The maximum absolute atomic E-state index is 4.90. The van der Waals surface area contributed by atoms with Gasteiger partial charge in [-0.05, 0) is 38.2 Å². The molecule has 0 aromatic heterocycles. The zero-order valence-corrected chi connectivity index (χ0v) is 12.5. The van der Waals surface area contributed by atoms with Crippen LogP contribution in [0.4, 0.5) is 0 Å². The lowest BCUT2D eigenvalue weighted by Crippen LogP contribution is -2.31. The molecule has 1 aliphatic heterocycles. The van der Waals surface area contributed by atoms with Crippen LogP contribution < -0.4 is 5.32 Å². The number of benzene rings is 1. The molecule has 1 fully saturated rings. The molecule has 2 aliphatic rings. The van der Waals surface area contributed by atoms with Crippen LogP contribution in [0.5, 0.6) is 0 Å². The fourth-order valence-corrected chi connectivity index (χ4v) is 4.19. The van der Waals surface area contributed by atoms with E-state index in [1.165, 1.54) is 36.1 Å². The van der Waals surface area contributed by atoms with Gasteiger partial charge < -0.3 is 5.32 Å². The minimum Gasteiger partial charge on any atom is -0.358 e. The first kappa shape index (κ1) is 13.0. The van der Waals surface area contributed by atoms with E-state index in [2.05, 4.69) is 43.4 Å². The smallest absolute Gasteiger partial charge is 0.157 e. The van der Waals surface area contributed by atoms with Gasteiger partial charge in [0, 0.05) is 5.75 Å². The van der Waals surface area contributed by atoms with Crippen LogP contribution in [0.3, 0.4) is 0 Å². The Morgan fingerprint density at radius 1 is 1.26 bits per heavy atom. The molecule has 0 spiro atoms. The maximum atomic E-state index is 4.90. The number of rotatable bonds is 2. The van der Waals surface area contributed by atoms with Gasteiger partial charge in [0.05, 0.1) is 12.1 Å². The molecular weight excluding hydrogens is 252 g/mol. The van der Waals surface area contributed by atoms with Gasteiger partial charge in [-0.25, -0.2) is 0 Å². The Kier molecular flexibility index (Phi) is 3.83. The number of nitrogens with one attached hydrogen (secondary N) is 1. The van der Waals surface area contributed by atoms with Crippen LogP contribution in [0, 0.1) is 12.8 Å². The number of thioether (sulfide) groups is 1. The highest BCUT2D eigenvalue weighted by molar-refractivity contribution is 8.13. The molecule has 1 aromatic rings. The van der Waals surface area contributed by atoms with Crippen molar-refractivity contribution in [3.05, 3.63) is 35.4 Å². The summed E-state index contributed by atoms with van der Waals surface area (Å²) in [6, 6.07) is 9.70. The third-order valence-corrected chi connectivity index (χ3v) is 5.35. The Morgan fingerprint density at radius 3 is 2.84 bits per heavy atom. The average molecular weight is 274 g/mol. The highest BCUT2D eigenvalue weighted by atomic mass is 32.2. The van der Waals surface area contributed by atoms with Crippen molar-refractivity contribution in [2.24, 2.45) is 10.9 Å². The van der Waals surface area contributed by atoms with Gasteiger partial charge in [-0.15, -0.1) is 0 Å². The van der Waals surface area contributed by atoms with Crippen molar-refractivity contribution < 1.29 is 0 Å². The Bertz CT molecular complexity index is 466. The lowest BCUT2D eigenvalue weighted by Gasteiger charge is -2.25. The van der Waals surface area contributed by atoms with Crippen LogP contribution in [0.15, 0.2) is 29.3 Å². The third-order valence-electron chi connectivity index (χ3n) is 4.25. The van der Waals surface area contributed by atoms with Gasteiger partial charge in [0.15, 0.2) is 5.17 Å². The molecule has 1 heterocycles. The monoisotopic (exact) mass is 274 g/mol. The van der Waals surface area contributed by atoms with E-state index < -0.39 is 0 Å². The number of nitrogens with zero attached hydrogens (tertiary/aromatic N) is 1. The van der Waals surface area contributed by atoms with E-state index in [9.17, 15) is 0 Å². The number of aliphatic imine (C=N–C) groups is 1. The van der Waals surface area contributed by atoms with E-state index in [-0.39, 0.29) is 0 Å². The Hall–Kier alpha value is -0.960. The number of hydrogen-bond donors (Lipinski definition) is 1. The Morgan fingerprint density at radius 2 is 2.05 bits per heavy atom. The highest BCUT2D eigenvalue weighted by Gasteiger charge is 2.31. The van der Waals surface area contributed by atoms with Gasteiger partial charge in [-0.2, -0.15) is 0 Å². The summed E-state index contributed by atoms with van der Waals surface area (Å²) in [5.74, 6) is 2.09. The fourth-order valence-electron chi connectivity index (χ4n) is 2.96. The second kappa shape index (κ2) is 5.58. The van der Waals surface area contributed by atoms with Crippen molar-refractivity contribution in [1.29, 1.82) is 0 Å². The van der Waals surface area contributed by atoms with Gasteiger partial charge in [0.25, 0.3) is 0 Å². The summed E-state index contributed by atoms with van der Waals surface area (Å²) in [5.41, 5.74) is 2.65. The van der Waals surface area contributed by atoms with Crippen LogP contribution >= 0.6 is 11.8 Å². The predicted molar refractivity (Wildman–Crippen MR) is 83.8 cm³/mol. The van der Waals surface area contributed by atoms with E-state index in [4.69, 9.17) is 4.99 Å². The molecule has 1 saturated carbocycles. The number of amidine groups is 1. The van der Waals surface area contributed by atoms with Crippen LogP contribution in [-0.4, -0.2) is 17.0 Å². The molecule has 19 heavy (non-hydrogen) atoms. The van der Waals surface area contributed by atoms with Crippen molar-refractivity contribution in [3.8, 4) is 0 Å². The topological polar surface area (TPSA) is 24.4 Å². The molecule has 1 N–H and O–H groups in total. The Balaban J connectivity index is 1.66. The molecule has 1 aromatic carbocycles. The summed E-state index contributed by atoms with van der Waals surface area (Å²) >= 11 is 1.90.